The highest BCUT2D eigenvalue weighted by Gasteiger charge is 2.14. The molecule has 0 radical (unpaired) electrons. The van der Waals surface area contributed by atoms with Gasteiger partial charge >= 0.3 is 0 Å². The van der Waals surface area contributed by atoms with E-state index in [0.717, 1.165) is 26.3 Å². The van der Waals surface area contributed by atoms with Crippen LogP contribution in [0.3, 0.4) is 0 Å². The fourth-order valence-corrected chi connectivity index (χ4v) is 3.26. The molecule has 0 bridgehead atoms. The van der Waals surface area contributed by atoms with Crippen LogP contribution in [-0.4, -0.2) is 19.8 Å². The SMILES string of the molecule is c1ccc(-c2csc(CNCC3CCOC3)c2)cc1. The van der Waals surface area contributed by atoms with E-state index in [1.54, 1.807) is 0 Å². The van der Waals surface area contributed by atoms with Crippen LogP contribution in [0.4, 0.5) is 0 Å². The summed E-state index contributed by atoms with van der Waals surface area (Å²) >= 11 is 1.83. The minimum Gasteiger partial charge on any atom is -0.381 e. The number of rotatable bonds is 5. The van der Waals surface area contributed by atoms with Crippen molar-refractivity contribution in [2.75, 3.05) is 19.8 Å². The summed E-state index contributed by atoms with van der Waals surface area (Å²) < 4.78 is 5.38. The quantitative estimate of drug-likeness (QED) is 0.899. The van der Waals surface area contributed by atoms with Crippen LogP contribution < -0.4 is 5.32 Å². The van der Waals surface area contributed by atoms with Crippen molar-refractivity contribution in [2.45, 2.75) is 13.0 Å². The zero-order chi connectivity index (χ0) is 12.9. The van der Waals surface area contributed by atoms with Crippen LogP contribution in [0.25, 0.3) is 11.1 Å². The van der Waals surface area contributed by atoms with Gasteiger partial charge in [0.05, 0.1) is 6.61 Å². The predicted molar refractivity (Wildman–Crippen MR) is 80.4 cm³/mol. The highest BCUT2D eigenvalue weighted by Crippen LogP contribution is 2.25. The Morgan fingerprint density at radius 3 is 2.89 bits per heavy atom. The van der Waals surface area contributed by atoms with Gasteiger partial charge in [0.15, 0.2) is 0 Å². The first-order valence-electron chi connectivity index (χ1n) is 6.83. The van der Waals surface area contributed by atoms with E-state index in [-0.39, 0.29) is 0 Å². The van der Waals surface area contributed by atoms with Gasteiger partial charge in [-0.3, -0.25) is 0 Å². The van der Waals surface area contributed by atoms with Gasteiger partial charge in [-0.05, 0) is 34.9 Å². The third-order valence-corrected chi connectivity index (χ3v) is 4.45. The molecule has 1 fully saturated rings. The molecule has 3 heteroatoms. The van der Waals surface area contributed by atoms with Crippen molar-refractivity contribution in [2.24, 2.45) is 5.92 Å². The van der Waals surface area contributed by atoms with Gasteiger partial charge < -0.3 is 10.1 Å². The highest BCUT2D eigenvalue weighted by molar-refractivity contribution is 7.10. The minimum atomic E-state index is 0.702. The van der Waals surface area contributed by atoms with Crippen LogP contribution in [0.1, 0.15) is 11.3 Å². The fourth-order valence-electron chi connectivity index (χ4n) is 2.40. The fraction of sp³-hybridized carbons (Fsp3) is 0.375. The summed E-state index contributed by atoms with van der Waals surface area (Å²) in [5.41, 5.74) is 2.63. The van der Waals surface area contributed by atoms with Crippen molar-refractivity contribution in [3.05, 3.63) is 46.7 Å². The third-order valence-electron chi connectivity index (χ3n) is 3.52. The van der Waals surface area contributed by atoms with Crippen LogP contribution in [-0.2, 0) is 11.3 Å². The first-order chi connectivity index (χ1) is 9.42. The van der Waals surface area contributed by atoms with Gasteiger partial charge in [0.25, 0.3) is 0 Å². The summed E-state index contributed by atoms with van der Waals surface area (Å²) in [5.74, 6) is 0.702. The van der Waals surface area contributed by atoms with E-state index in [4.69, 9.17) is 4.74 Å². The molecule has 0 saturated carbocycles. The van der Waals surface area contributed by atoms with Crippen LogP contribution >= 0.6 is 11.3 Å². The van der Waals surface area contributed by atoms with Crippen molar-refractivity contribution in [1.29, 1.82) is 0 Å². The molecule has 1 aromatic carbocycles. The van der Waals surface area contributed by atoms with Gasteiger partial charge in [0, 0.05) is 24.6 Å². The molecule has 1 aromatic heterocycles. The van der Waals surface area contributed by atoms with E-state index < -0.39 is 0 Å². The number of hydrogen-bond donors (Lipinski definition) is 1. The average molecular weight is 273 g/mol. The Morgan fingerprint density at radius 1 is 1.21 bits per heavy atom. The number of hydrogen-bond acceptors (Lipinski definition) is 3. The molecule has 1 unspecified atom stereocenters. The molecule has 0 amide bonds. The maximum Gasteiger partial charge on any atom is 0.0507 e. The van der Waals surface area contributed by atoms with Crippen LogP contribution in [0.2, 0.25) is 0 Å². The van der Waals surface area contributed by atoms with Crippen molar-refractivity contribution in [1.82, 2.24) is 5.32 Å². The van der Waals surface area contributed by atoms with E-state index >= 15 is 0 Å². The summed E-state index contributed by atoms with van der Waals surface area (Å²) in [4.78, 5) is 1.40. The van der Waals surface area contributed by atoms with Gasteiger partial charge in [0.2, 0.25) is 0 Å². The molecule has 2 aromatic rings. The smallest absolute Gasteiger partial charge is 0.0507 e. The predicted octanol–water partition coefficient (Wildman–Crippen LogP) is 3.54. The zero-order valence-corrected chi connectivity index (χ0v) is 11.8. The molecule has 1 saturated heterocycles. The van der Waals surface area contributed by atoms with Crippen molar-refractivity contribution in [3.8, 4) is 11.1 Å². The van der Waals surface area contributed by atoms with Gasteiger partial charge in [-0.2, -0.15) is 0 Å². The summed E-state index contributed by atoms with van der Waals surface area (Å²) in [6.45, 7) is 3.89. The Morgan fingerprint density at radius 2 is 2.11 bits per heavy atom. The second-order valence-corrected chi connectivity index (χ2v) is 6.02. The van der Waals surface area contributed by atoms with Crippen molar-refractivity contribution in [3.63, 3.8) is 0 Å². The summed E-state index contributed by atoms with van der Waals surface area (Å²) in [7, 11) is 0. The minimum absolute atomic E-state index is 0.702. The Kier molecular flexibility index (Phi) is 4.28. The molecule has 2 heterocycles. The van der Waals surface area contributed by atoms with Gasteiger partial charge in [-0.1, -0.05) is 30.3 Å². The van der Waals surface area contributed by atoms with E-state index in [1.165, 1.54) is 22.4 Å². The van der Waals surface area contributed by atoms with Crippen LogP contribution in [0, 0.1) is 5.92 Å². The lowest BCUT2D eigenvalue weighted by molar-refractivity contribution is 0.185. The van der Waals surface area contributed by atoms with Gasteiger partial charge in [-0.25, -0.2) is 0 Å². The lowest BCUT2D eigenvalue weighted by Gasteiger charge is -2.07. The standard InChI is InChI=1S/C16H19NOS/c1-2-4-14(5-3-1)15-8-16(19-12-15)10-17-9-13-6-7-18-11-13/h1-5,8,12-13,17H,6-7,9-11H2. The van der Waals surface area contributed by atoms with E-state index in [1.807, 2.05) is 11.3 Å². The monoisotopic (exact) mass is 273 g/mol. The molecule has 19 heavy (non-hydrogen) atoms. The normalized spacial score (nSPS) is 18.8. The Balaban J connectivity index is 1.53. The molecule has 100 valence electrons. The van der Waals surface area contributed by atoms with E-state index in [2.05, 4.69) is 47.1 Å². The second-order valence-electron chi connectivity index (χ2n) is 5.03. The lowest BCUT2D eigenvalue weighted by atomic mass is 10.1. The van der Waals surface area contributed by atoms with Crippen LogP contribution in [0.15, 0.2) is 41.8 Å². The zero-order valence-electron chi connectivity index (χ0n) is 11.0. The Hall–Kier alpha value is -1.16. The molecule has 2 nitrogen and oxygen atoms in total. The average Bonchev–Trinajstić information content (AvgIpc) is 3.11. The summed E-state index contributed by atoms with van der Waals surface area (Å²) in [6.07, 6.45) is 1.20. The Labute approximate surface area is 118 Å². The summed E-state index contributed by atoms with van der Waals surface area (Å²) in [5, 5.41) is 5.78. The summed E-state index contributed by atoms with van der Waals surface area (Å²) in [6, 6.07) is 12.8. The third kappa shape index (κ3) is 3.44. The molecule has 1 atom stereocenters. The number of thiophene rings is 1. The van der Waals surface area contributed by atoms with Crippen molar-refractivity contribution < 1.29 is 4.74 Å². The maximum absolute atomic E-state index is 5.38. The first-order valence-corrected chi connectivity index (χ1v) is 7.71. The molecule has 1 N–H and O–H groups in total. The Bertz CT molecular complexity index is 502. The molecule has 0 aliphatic carbocycles. The van der Waals surface area contributed by atoms with Crippen LogP contribution in [0.5, 0.6) is 0 Å². The molecule has 3 rings (SSSR count). The molecule has 1 aliphatic rings. The van der Waals surface area contributed by atoms with E-state index in [9.17, 15) is 0 Å². The second kappa shape index (κ2) is 6.33. The molecule has 0 spiro atoms. The molecular formula is C16H19NOS. The van der Waals surface area contributed by atoms with Gasteiger partial charge in [-0.15, -0.1) is 11.3 Å². The number of ether oxygens (including phenoxy) is 1. The largest absolute Gasteiger partial charge is 0.381 e. The first kappa shape index (κ1) is 12.9. The van der Waals surface area contributed by atoms with Gasteiger partial charge in [0.1, 0.15) is 0 Å². The molecular weight excluding hydrogens is 254 g/mol. The maximum atomic E-state index is 5.38. The van der Waals surface area contributed by atoms with E-state index in [0.29, 0.717) is 5.92 Å². The van der Waals surface area contributed by atoms with Crippen molar-refractivity contribution >= 4 is 11.3 Å². The number of nitrogens with one attached hydrogen (secondary N) is 1. The highest BCUT2D eigenvalue weighted by atomic mass is 32.1. The molecule has 1 aliphatic heterocycles. The lowest BCUT2D eigenvalue weighted by Crippen LogP contribution is -2.22. The topological polar surface area (TPSA) is 21.3 Å². The number of benzene rings is 1.